The van der Waals surface area contributed by atoms with Crippen molar-refractivity contribution >= 4 is 6.03 Å². The molecule has 14 heavy (non-hydrogen) atoms. The maximum atomic E-state index is 11.5. The lowest BCUT2D eigenvalue weighted by Gasteiger charge is -2.25. The molecule has 1 unspecified atom stereocenters. The van der Waals surface area contributed by atoms with E-state index in [2.05, 4.69) is 26.1 Å². The number of amides is 2. The van der Waals surface area contributed by atoms with Gasteiger partial charge < -0.3 is 10.2 Å². The van der Waals surface area contributed by atoms with E-state index in [1.165, 1.54) is 0 Å². The highest BCUT2D eigenvalue weighted by molar-refractivity contribution is 5.74. The Morgan fingerprint density at radius 2 is 1.79 bits per heavy atom. The first-order valence-electron chi connectivity index (χ1n) is 5.58. The van der Waals surface area contributed by atoms with Crippen LogP contribution in [0, 0.1) is 5.92 Å². The van der Waals surface area contributed by atoms with E-state index in [9.17, 15) is 4.79 Å². The molecular weight excluding hydrogens is 176 g/mol. The Morgan fingerprint density at radius 3 is 2.14 bits per heavy atom. The van der Waals surface area contributed by atoms with Crippen molar-refractivity contribution in [3.63, 3.8) is 0 Å². The Kier molecular flexibility index (Phi) is 6.34. The van der Waals surface area contributed by atoms with Crippen molar-refractivity contribution in [3.05, 3.63) is 0 Å². The van der Waals surface area contributed by atoms with Crippen LogP contribution in [0.2, 0.25) is 0 Å². The molecule has 0 radical (unpaired) electrons. The summed E-state index contributed by atoms with van der Waals surface area (Å²) in [7, 11) is 1.81. The van der Waals surface area contributed by atoms with Crippen molar-refractivity contribution in [3.8, 4) is 0 Å². The van der Waals surface area contributed by atoms with Gasteiger partial charge in [-0.2, -0.15) is 0 Å². The summed E-state index contributed by atoms with van der Waals surface area (Å²) >= 11 is 0. The van der Waals surface area contributed by atoms with Gasteiger partial charge in [0.2, 0.25) is 0 Å². The first-order valence-corrected chi connectivity index (χ1v) is 5.58. The molecule has 3 heteroatoms. The highest BCUT2D eigenvalue weighted by Crippen LogP contribution is 2.12. The smallest absolute Gasteiger partial charge is 0.317 e. The van der Waals surface area contributed by atoms with Crippen LogP contribution in [0.15, 0.2) is 0 Å². The molecule has 1 atom stereocenters. The van der Waals surface area contributed by atoms with Crippen molar-refractivity contribution in [2.24, 2.45) is 5.92 Å². The van der Waals surface area contributed by atoms with Gasteiger partial charge in [-0.1, -0.05) is 26.7 Å². The minimum atomic E-state index is 0.0342. The molecule has 0 rings (SSSR count). The molecule has 3 nitrogen and oxygen atoms in total. The van der Waals surface area contributed by atoms with Crippen molar-refractivity contribution in [2.45, 2.75) is 46.6 Å². The Hall–Kier alpha value is -0.730. The van der Waals surface area contributed by atoms with Gasteiger partial charge in [0, 0.05) is 19.6 Å². The van der Waals surface area contributed by atoms with Crippen LogP contribution in [-0.4, -0.2) is 30.6 Å². The fraction of sp³-hybridized carbons (Fsp3) is 0.909. The van der Waals surface area contributed by atoms with E-state index in [4.69, 9.17) is 0 Å². The monoisotopic (exact) mass is 200 g/mol. The number of hydrogen-bond donors (Lipinski definition) is 1. The van der Waals surface area contributed by atoms with Gasteiger partial charge in [0.25, 0.3) is 0 Å². The summed E-state index contributed by atoms with van der Waals surface area (Å²) in [6.45, 7) is 9.14. The minimum Gasteiger partial charge on any atom is -0.335 e. The van der Waals surface area contributed by atoms with Gasteiger partial charge in [-0.05, 0) is 19.8 Å². The van der Waals surface area contributed by atoms with Crippen LogP contribution in [0.5, 0.6) is 0 Å². The van der Waals surface area contributed by atoms with Gasteiger partial charge in [-0.3, -0.25) is 0 Å². The maximum absolute atomic E-state index is 11.5. The summed E-state index contributed by atoms with van der Waals surface area (Å²) in [5.74, 6) is 0.587. The third kappa shape index (κ3) is 3.99. The lowest BCUT2D eigenvalue weighted by Crippen LogP contribution is -2.44. The Bertz CT molecular complexity index is 167. The number of carbonyl (C=O) groups excluding carboxylic acids is 1. The second-order valence-corrected chi connectivity index (χ2v) is 3.83. The molecule has 0 saturated carbocycles. The maximum Gasteiger partial charge on any atom is 0.317 e. The molecular formula is C11H24N2O. The molecule has 2 amide bonds. The standard InChI is InChI=1S/C11H24N2O/c1-6-10(7-2)9(4)12-11(14)13(5)8-3/h9-10H,6-8H2,1-5H3,(H,12,14). The summed E-state index contributed by atoms with van der Waals surface area (Å²) in [5.41, 5.74) is 0. The molecule has 84 valence electrons. The largest absolute Gasteiger partial charge is 0.335 e. The third-order valence-electron chi connectivity index (χ3n) is 2.93. The fourth-order valence-electron chi connectivity index (χ4n) is 1.56. The van der Waals surface area contributed by atoms with Gasteiger partial charge in [0.1, 0.15) is 0 Å². The second kappa shape index (κ2) is 6.68. The highest BCUT2D eigenvalue weighted by Gasteiger charge is 2.16. The van der Waals surface area contributed by atoms with E-state index in [0.717, 1.165) is 19.4 Å². The highest BCUT2D eigenvalue weighted by atomic mass is 16.2. The van der Waals surface area contributed by atoms with Crippen LogP contribution in [-0.2, 0) is 0 Å². The first kappa shape index (κ1) is 13.3. The van der Waals surface area contributed by atoms with Crippen molar-refractivity contribution < 1.29 is 4.79 Å². The Labute approximate surface area is 87.9 Å². The van der Waals surface area contributed by atoms with Gasteiger partial charge in [0.05, 0.1) is 0 Å². The molecule has 0 aliphatic carbocycles. The van der Waals surface area contributed by atoms with Gasteiger partial charge in [0.15, 0.2) is 0 Å². The third-order valence-corrected chi connectivity index (χ3v) is 2.93. The van der Waals surface area contributed by atoms with E-state index < -0.39 is 0 Å². The van der Waals surface area contributed by atoms with Crippen LogP contribution < -0.4 is 5.32 Å². The van der Waals surface area contributed by atoms with Gasteiger partial charge in [-0.25, -0.2) is 4.79 Å². The predicted molar refractivity (Wildman–Crippen MR) is 60.4 cm³/mol. The second-order valence-electron chi connectivity index (χ2n) is 3.83. The predicted octanol–water partition coefficient (Wildman–Crippen LogP) is 2.47. The van der Waals surface area contributed by atoms with Crippen molar-refractivity contribution in [1.82, 2.24) is 10.2 Å². The average molecular weight is 200 g/mol. The van der Waals surface area contributed by atoms with E-state index in [1.54, 1.807) is 4.90 Å². The summed E-state index contributed by atoms with van der Waals surface area (Å²) in [6.07, 6.45) is 2.24. The molecule has 0 aliphatic rings. The number of nitrogens with zero attached hydrogens (tertiary/aromatic N) is 1. The summed E-state index contributed by atoms with van der Waals surface area (Å²) < 4.78 is 0. The van der Waals surface area contributed by atoms with Crippen LogP contribution >= 0.6 is 0 Å². The van der Waals surface area contributed by atoms with E-state index >= 15 is 0 Å². The lowest BCUT2D eigenvalue weighted by atomic mass is 9.96. The molecule has 0 bridgehead atoms. The summed E-state index contributed by atoms with van der Waals surface area (Å²) in [5, 5.41) is 3.02. The number of hydrogen-bond acceptors (Lipinski definition) is 1. The SMILES string of the molecule is CCC(CC)C(C)NC(=O)N(C)CC. The number of rotatable bonds is 5. The van der Waals surface area contributed by atoms with Crippen LogP contribution in [0.25, 0.3) is 0 Å². The summed E-state index contributed by atoms with van der Waals surface area (Å²) in [4.78, 5) is 13.2. The molecule has 0 fully saturated rings. The van der Waals surface area contributed by atoms with E-state index in [-0.39, 0.29) is 12.1 Å². The zero-order chi connectivity index (χ0) is 11.1. The quantitative estimate of drug-likeness (QED) is 0.726. The molecule has 0 saturated heterocycles. The molecule has 0 heterocycles. The minimum absolute atomic E-state index is 0.0342. The molecule has 0 spiro atoms. The van der Waals surface area contributed by atoms with Crippen molar-refractivity contribution in [2.75, 3.05) is 13.6 Å². The first-order chi connectivity index (χ1) is 6.56. The fourth-order valence-corrected chi connectivity index (χ4v) is 1.56. The van der Waals surface area contributed by atoms with Gasteiger partial charge in [-0.15, -0.1) is 0 Å². The number of nitrogens with one attached hydrogen (secondary N) is 1. The van der Waals surface area contributed by atoms with Crippen LogP contribution in [0.1, 0.15) is 40.5 Å². The van der Waals surface area contributed by atoms with Crippen molar-refractivity contribution in [1.29, 1.82) is 0 Å². The average Bonchev–Trinajstić information content (AvgIpc) is 2.18. The van der Waals surface area contributed by atoms with Crippen LogP contribution in [0.3, 0.4) is 0 Å². The van der Waals surface area contributed by atoms with E-state index in [0.29, 0.717) is 5.92 Å². The zero-order valence-electron chi connectivity index (χ0n) is 10.1. The Balaban J connectivity index is 4.03. The number of carbonyl (C=O) groups is 1. The van der Waals surface area contributed by atoms with Crippen LogP contribution in [0.4, 0.5) is 4.79 Å². The Morgan fingerprint density at radius 1 is 1.29 bits per heavy atom. The van der Waals surface area contributed by atoms with E-state index in [1.807, 2.05) is 14.0 Å². The summed E-state index contributed by atoms with van der Waals surface area (Å²) in [6, 6.07) is 0.304. The zero-order valence-corrected chi connectivity index (χ0v) is 10.1. The topological polar surface area (TPSA) is 32.3 Å². The molecule has 0 aliphatic heterocycles. The lowest BCUT2D eigenvalue weighted by molar-refractivity contribution is 0.201. The normalized spacial score (nSPS) is 12.7. The molecule has 0 aromatic rings. The molecule has 0 aromatic heterocycles. The van der Waals surface area contributed by atoms with Gasteiger partial charge >= 0.3 is 6.03 Å². The molecule has 0 aromatic carbocycles. The number of urea groups is 1. The molecule has 1 N–H and O–H groups in total.